The Morgan fingerprint density at radius 3 is 1.57 bits per heavy atom. The Hall–Kier alpha value is -1.84. The zero-order valence-corrected chi connectivity index (χ0v) is 7.27. The van der Waals surface area contributed by atoms with Crippen molar-refractivity contribution in [2.75, 3.05) is 0 Å². The highest BCUT2D eigenvalue weighted by atomic mass is 19.2. The van der Waals surface area contributed by atoms with Gasteiger partial charge in [0.1, 0.15) is 0 Å². The van der Waals surface area contributed by atoms with E-state index in [0.29, 0.717) is 20.7 Å². The third kappa shape index (κ3) is 1.74. The SMILES string of the molecule is F[n+]1cccc(-c2ccc[n+](F)c2)c1. The molecule has 2 nitrogen and oxygen atoms in total. The van der Waals surface area contributed by atoms with Crippen LogP contribution in [0, 0.1) is 0 Å². The number of pyridine rings is 2. The average molecular weight is 194 g/mol. The van der Waals surface area contributed by atoms with Crippen LogP contribution in [0.25, 0.3) is 11.1 Å². The van der Waals surface area contributed by atoms with E-state index in [1.165, 1.54) is 24.8 Å². The molecule has 0 radical (unpaired) electrons. The minimum atomic E-state index is 0.435. The first-order valence-corrected chi connectivity index (χ1v) is 4.11. The standard InChI is InChI=1S/C10H8F2N2/c11-13-5-1-3-9(7-13)10-4-2-6-14(12)8-10/h1-8H/q+2. The highest BCUT2D eigenvalue weighted by Gasteiger charge is 2.08. The van der Waals surface area contributed by atoms with Crippen molar-refractivity contribution in [3.63, 3.8) is 0 Å². The van der Waals surface area contributed by atoms with Gasteiger partial charge in [0.05, 0.1) is 20.1 Å². The van der Waals surface area contributed by atoms with Crippen molar-refractivity contribution in [2.24, 2.45) is 0 Å². The molecule has 70 valence electrons. The summed E-state index contributed by atoms with van der Waals surface area (Å²) in [6.07, 6.45) is 5.12. The van der Waals surface area contributed by atoms with E-state index >= 15 is 0 Å². The van der Waals surface area contributed by atoms with Crippen LogP contribution >= 0.6 is 0 Å². The van der Waals surface area contributed by atoms with Crippen molar-refractivity contribution >= 4 is 0 Å². The van der Waals surface area contributed by atoms with Gasteiger partial charge in [-0.05, 0) is 12.1 Å². The molecule has 2 heterocycles. The van der Waals surface area contributed by atoms with E-state index in [1.807, 2.05) is 0 Å². The quantitative estimate of drug-likeness (QED) is 0.648. The van der Waals surface area contributed by atoms with E-state index in [2.05, 4.69) is 0 Å². The summed E-state index contributed by atoms with van der Waals surface area (Å²) in [4.78, 5) is 0.871. The van der Waals surface area contributed by atoms with Crippen LogP contribution < -0.4 is 9.58 Å². The normalized spacial score (nSPS) is 10.1. The van der Waals surface area contributed by atoms with Gasteiger partial charge in [-0.3, -0.25) is 0 Å². The fourth-order valence-corrected chi connectivity index (χ4v) is 1.24. The topological polar surface area (TPSA) is 7.76 Å². The van der Waals surface area contributed by atoms with Crippen LogP contribution in [0.1, 0.15) is 0 Å². The lowest BCUT2D eigenvalue weighted by molar-refractivity contribution is -0.844. The molecule has 0 N–H and O–H groups in total. The van der Waals surface area contributed by atoms with Crippen molar-refractivity contribution in [1.82, 2.24) is 0 Å². The zero-order chi connectivity index (χ0) is 9.97. The maximum atomic E-state index is 12.8. The molecule has 0 aliphatic rings. The molecule has 0 atom stereocenters. The van der Waals surface area contributed by atoms with E-state index in [-0.39, 0.29) is 0 Å². The van der Waals surface area contributed by atoms with Crippen LogP contribution in [0.15, 0.2) is 49.1 Å². The molecule has 0 aliphatic carbocycles. The molecule has 0 saturated carbocycles. The van der Waals surface area contributed by atoms with Crippen molar-refractivity contribution in [1.29, 1.82) is 0 Å². The van der Waals surface area contributed by atoms with Gasteiger partial charge in [0.25, 0.3) is 0 Å². The molecule has 0 fully saturated rings. The summed E-state index contributed by atoms with van der Waals surface area (Å²) in [6.45, 7) is 0. The number of hydrogen-bond acceptors (Lipinski definition) is 0. The van der Waals surface area contributed by atoms with Crippen molar-refractivity contribution in [2.45, 2.75) is 0 Å². The molecule has 2 aromatic rings. The van der Waals surface area contributed by atoms with E-state index in [1.54, 1.807) is 24.3 Å². The third-order valence-electron chi connectivity index (χ3n) is 1.87. The Labute approximate surface area is 79.5 Å². The lowest BCUT2D eigenvalue weighted by atomic mass is 10.1. The highest BCUT2D eigenvalue weighted by Crippen LogP contribution is 2.14. The van der Waals surface area contributed by atoms with E-state index in [9.17, 15) is 8.96 Å². The van der Waals surface area contributed by atoms with Gasteiger partial charge in [0, 0.05) is 21.7 Å². The average Bonchev–Trinajstić information content (AvgIpc) is 2.18. The van der Waals surface area contributed by atoms with Gasteiger partial charge in [-0.1, -0.05) is 0 Å². The number of rotatable bonds is 1. The Morgan fingerprint density at radius 2 is 1.21 bits per heavy atom. The third-order valence-corrected chi connectivity index (χ3v) is 1.87. The lowest BCUT2D eigenvalue weighted by Crippen LogP contribution is -2.22. The number of nitrogens with zero attached hydrogens (tertiary/aromatic N) is 2. The van der Waals surface area contributed by atoms with Gasteiger partial charge in [0.15, 0.2) is 0 Å². The van der Waals surface area contributed by atoms with Gasteiger partial charge >= 0.3 is 0 Å². The predicted molar refractivity (Wildman–Crippen MR) is 45.3 cm³/mol. The highest BCUT2D eigenvalue weighted by molar-refractivity contribution is 5.59. The molecule has 4 heteroatoms. The lowest BCUT2D eigenvalue weighted by Gasteiger charge is -1.92. The zero-order valence-electron chi connectivity index (χ0n) is 7.27. The van der Waals surface area contributed by atoms with Crippen LogP contribution in [-0.4, -0.2) is 0 Å². The molecule has 2 aromatic heterocycles. The van der Waals surface area contributed by atoms with E-state index in [0.717, 1.165) is 0 Å². The molecule has 0 saturated heterocycles. The van der Waals surface area contributed by atoms with Gasteiger partial charge < -0.3 is 0 Å². The summed E-state index contributed by atoms with van der Waals surface area (Å²) in [7, 11) is 0. The second-order valence-electron chi connectivity index (χ2n) is 2.87. The first-order valence-electron chi connectivity index (χ1n) is 4.11. The monoisotopic (exact) mass is 194 g/mol. The van der Waals surface area contributed by atoms with Crippen LogP contribution in [-0.2, 0) is 0 Å². The molecular weight excluding hydrogens is 186 g/mol. The van der Waals surface area contributed by atoms with E-state index in [4.69, 9.17) is 0 Å². The van der Waals surface area contributed by atoms with Gasteiger partial charge in [0.2, 0.25) is 24.8 Å². The second kappa shape index (κ2) is 3.49. The van der Waals surface area contributed by atoms with E-state index < -0.39 is 0 Å². The number of halogens is 2. The minimum Gasteiger partial charge on any atom is -0.0419 e. The number of aromatic nitrogens is 2. The predicted octanol–water partition coefficient (Wildman–Crippen LogP) is 1.39. The molecule has 0 spiro atoms. The summed E-state index contributed by atoms with van der Waals surface area (Å²) >= 11 is 0. The largest absolute Gasteiger partial charge is 0.226 e. The van der Waals surface area contributed by atoms with Crippen molar-refractivity contribution in [3.05, 3.63) is 49.1 Å². The summed E-state index contributed by atoms with van der Waals surface area (Å²) in [5.74, 6) is 0. The molecule has 0 bridgehead atoms. The molecule has 0 unspecified atom stereocenters. The maximum Gasteiger partial charge on any atom is 0.226 e. The second-order valence-corrected chi connectivity index (χ2v) is 2.87. The first kappa shape index (κ1) is 8.74. The molecular formula is C10H8F2N2+2. The van der Waals surface area contributed by atoms with Crippen molar-refractivity contribution in [3.8, 4) is 11.1 Å². The molecule has 0 aliphatic heterocycles. The van der Waals surface area contributed by atoms with Gasteiger partial charge in [-0.25, -0.2) is 0 Å². The van der Waals surface area contributed by atoms with Crippen LogP contribution in [0.2, 0.25) is 0 Å². The Kier molecular flexibility index (Phi) is 2.18. The fraction of sp³-hybridized carbons (Fsp3) is 0. The van der Waals surface area contributed by atoms with Crippen molar-refractivity contribution < 1.29 is 18.5 Å². The minimum absolute atomic E-state index is 0.435. The Morgan fingerprint density at radius 1 is 0.786 bits per heavy atom. The first-order chi connectivity index (χ1) is 6.75. The van der Waals surface area contributed by atoms with Crippen LogP contribution in [0.4, 0.5) is 8.96 Å². The number of hydrogen-bond donors (Lipinski definition) is 0. The molecule has 14 heavy (non-hydrogen) atoms. The summed E-state index contributed by atoms with van der Waals surface area (Å²) in [6, 6.07) is 6.55. The van der Waals surface area contributed by atoms with Crippen LogP contribution in [0.3, 0.4) is 0 Å². The maximum absolute atomic E-state index is 12.8. The summed E-state index contributed by atoms with van der Waals surface area (Å²) in [5, 5.41) is 0. The van der Waals surface area contributed by atoms with Gasteiger partial charge in [-0.2, -0.15) is 0 Å². The smallest absolute Gasteiger partial charge is 0.0419 e. The molecule has 0 amide bonds. The fourth-order valence-electron chi connectivity index (χ4n) is 1.24. The summed E-state index contributed by atoms with van der Waals surface area (Å²) in [5.41, 5.74) is 1.25. The Bertz CT molecular complexity index is 414. The summed E-state index contributed by atoms with van der Waals surface area (Å²) < 4.78 is 25.5. The molecule has 0 aromatic carbocycles. The molecule has 2 rings (SSSR count). The van der Waals surface area contributed by atoms with Crippen LogP contribution in [0.5, 0.6) is 0 Å². The Balaban J connectivity index is 2.49. The van der Waals surface area contributed by atoms with Gasteiger partial charge in [-0.15, -0.1) is 0 Å².